The molecule has 0 aliphatic heterocycles. The molecule has 1 saturated carbocycles. The number of alkyl halides is 8. The zero-order chi connectivity index (χ0) is 31.5. The summed E-state index contributed by atoms with van der Waals surface area (Å²) in [7, 11) is 0. The lowest BCUT2D eigenvalue weighted by atomic mass is 9.81. The fraction of sp³-hybridized carbons (Fsp3) is 0.556. The summed E-state index contributed by atoms with van der Waals surface area (Å²) >= 11 is 0. The number of nitrogens with one attached hydrogen (secondary N) is 3. The number of carbonyl (C=O) groups is 2. The molecule has 0 spiro atoms. The van der Waals surface area contributed by atoms with Crippen molar-refractivity contribution in [3.63, 3.8) is 0 Å². The van der Waals surface area contributed by atoms with Crippen molar-refractivity contribution >= 4 is 22.8 Å². The molecule has 3 aromatic rings. The average Bonchev–Trinajstić information content (AvgIpc) is 3.61. The van der Waals surface area contributed by atoms with Crippen molar-refractivity contribution in [1.82, 2.24) is 30.4 Å². The Labute approximate surface area is 240 Å². The van der Waals surface area contributed by atoms with E-state index in [1.165, 1.54) is 6.92 Å². The Balaban J connectivity index is 1.56. The van der Waals surface area contributed by atoms with Gasteiger partial charge in [-0.2, -0.15) is 5.10 Å². The summed E-state index contributed by atoms with van der Waals surface area (Å²) in [5.74, 6) is -5.11. The predicted molar refractivity (Wildman–Crippen MR) is 139 cm³/mol. The quantitative estimate of drug-likeness (QED) is 0.233. The summed E-state index contributed by atoms with van der Waals surface area (Å²) in [5.41, 5.74) is 1.23. The Hall–Kier alpha value is -3.72. The van der Waals surface area contributed by atoms with Crippen LogP contribution in [-0.4, -0.2) is 69.1 Å². The molecule has 2 heterocycles. The number of halogens is 8. The molecule has 2 aromatic heterocycles. The maximum atomic E-state index is 13.9. The van der Waals surface area contributed by atoms with E-state index in [1.54, 1.807) is 18.2 Å². The number of nitrogens with zero attached hydrogens (tertiary/aromatic N) is 3. The van der Waals surface area contributed by atoms with Gasteiger partial charge in [0.1, 0.15) is 12.5 Å². The number of rotatable bonds is 12. The van der Waals surface area contributed by atoms with Crippen LogP contribution in [-0.2, 0) is 11.3 Å². The van der Waals surface area contributed by atoms with E-state index in [4.69, 9.17) is 0 Å². The number of fused-ring (bicyclic) bond motifs is 1. The van der Waals surface area contributed by atoms with Crippen LogP contribution in [0.25, 0.3) is 11.0 Å². The highest BCUT2D eigenvalue weighted by atomic mass is 19.3. The molecule has 5 atom stereocenters. The van der Waals surface area contributed by atoms with Gasteiger partial charge in [0, 0.05) is 19.0 Å². The minimum absolute atomic E-state index is 0.0549. The number of hydrogen-bond acceptors (Lipinski definition) is 4. The highest BCUT2D eigenvalue weighted by Gasteiger charge is 2.39. The number of aromatic nitrogens is 4. The van der Waals surface area contributed by atoms with Gasteiger partial charge in [-0.25, -0.2) is 40.1 Å². The van der Waals surface area contributed by atoms with Crippen LogP contribution in [0.1, 0.15) is 66.4 Å². The second-order valence-corrected chi connectivity index (χ2v) is 10.6. The SMILES string of the molecule is C[C@@H](NC(=O)C(F)C(F)CF)c1ccc2nc([C@@H](NC(=O)c3cnn(CC(F)C(F)F)c3)C3CCC(F)(F)CC3)[nH]c2c1. The zero-order valence-corrected chi connectivity index (χ0v) is 22.9. The number of benzene rings is 1. The maximum absolute atomic E-state index is 13.9. The summed E-state index contributed by atoms with van der Waals surface area (Å²) in [4.78, 5) is 32.6. The third kappa shape index (κ3) is 7.82. The Morgan fingerprint density at radius 3 is 2.44 bits per heavy atom. The summed E-state index contributed by atoms with van der Waals surface area (Å²) in [6.07, 6.45) is -9.54. The molecule has 16 heteroatoms. The first-order valence-corrected chi connectivity index (χ1v) is 13.6. The molecule has 3 N–H and O–H groups in total. The molecule has 1 aromatic carbocycles. The summed E-state index contributed by atoms with van der Waals surface area (Å²) < 4.78 is 107. The van der Waals surface area contributed by atoms with Crippen molar-refractivity contribution in [3.8, 4) is 0 Å². The Bertz CT molecular complexity index is 1410. The lowest BCUT2D eigenvalue weighted by Crippen LogP contribution is -2.39. The minimum atomic E-state index is -3.23. The van der Waals surface area contributed by atoms with Gasteiger partial charge >= 0.3 is 0 Å². The standard InChI is InChI=1S/C27H30F8N6O2/c1-13(37-26(43)21(31)17(29)9-28)15-2-3-19-20(8-15)39-24(38-19)22(14-4-6-27(34,35)7-5-14)40-25(42)16-10-36-41(11-16)12-18(30)23(32)33/h2-3,8,10-11,13-14,17-18,21-23H,4-7,9,12H2,1H3,(H,37,43)(H,38,39)(H,40,42)/t13-,17?,18?,21?,22+/m1/s1. The van der Waals surface area contributed by atoms with E-state index in [0.29, 0.717) is 16.6 Å². The monoisotopic (exact) mass is 622 g/mol. The van der Waals surface area contributed by atoms with E-state index in [2.05, 4.69) is 25.7 Å². The van der Waals surface area contributed by atoms with Gasteiger partial charge in [0.25, 0.3) is 18.2 Å². The van der Waals surface area contributed by atoms with Gasteiger partial charge in [-0.3, -0.25) is 14.3 Å². The smallest absolute Gasteiger partial charge is 0.271 e. The topological polar surface area (TPSA) is 105 Å². The number of H-pyrrole nitrogens is 1. The van der Waals surface area contributed by atoms with Gasteiger partial charge in [-0.05, 0) is 43.4 Å². The summed E-state index contributed by atoms with van der Waals surface area (Å²) in [6.45, 7) is -0.919. The summed E-state index contributed by atoms with van der Waals surface area (Å²) in [6, 6.07) is 3.00. The molecule has 2 amide bonds. The third-order valence-electron chi connectivity index (χ3n) is 7.44. The molecule has 3 unspecified atom stereocenters. The zero-order valence-electron chi connectivity index (χ0n) is 22.9. The number of imidazole rings is 1. The number of carbonyl (C=O) groups excluding carboxylic acids is 2. The number of aromatic amines is 1. The van der Waals surface area contributed by atoms with Crippen LogP contribution in [0.5, 0.6) is 0 Å². The lowest BCUT2D eigenvalue weighted by molar-refractivity contribution is -0.129. The van der Waals surface area contributed by atoms with Crippen molar-refractivity contribution in [2.75, 3.05) is 6.67 Å². The van der Waals surface area contributed by atoms with Crippen molar-refractivity contribution in [2.45, 2.75) is 82.1 Å². The van der Waals surface area contributed by atoms with E-state index in [0.717, 1.165) is 17.1 Å². The van der Waals surface area contributed by atoms with E-state index in [-0.39, 0.29) is 24.2 Å². The fourth-order valence-corrected chi connectivity index (χ4v) is 4.95. The molecule has 1 aliphatic rings. The van der Waals surface area contributed by atoms with E-state index in [9.17, 15) is 44.7 Å². The second kappa shape index (κ2) is 13.3. The first kappa shape index (κ1) is 32.2. The van der Waals surface area contributed by atoms with Gasteiger partial charge in [0.2, 0.25) is 12.1 Å². The normalized spacial score (nSPS) is 19.1. The van der Waals surface area contributed by atoms with Gasteiger partial charge in [0.05, 0.1) is 41.4 Å². The van der Waals surface area contributed by atoms with Gasteiger partial charge in [-0.15, -0.1) is 0 Å². The van der Waals surface area contributed by atoms with Gasteiger partial charge in [-0.1, -0.05) is 6.07 Å². The molecular weight excluding hydrogens is 592 g/mol. The Kier molecular flexibility index (Phi) is 9.95. The molecule has 4 rings (SSSR count). The third-order valence-corrected chi connectivity index (χ3v) is 7.44. The molecule has 236 valence electrons. The molecule has 0 saturated heterocycles. The van der Waals surface area contributed by atoms with Gasteiger partial charge < -0.3 is 15.6 Å². The van der Waals surface area contributed by atoms with Crippen LogP contribution >= 0.6 is 0 Å². The van der Waals surface area contributed by atoms with Crippen molar-refractivity contribution < 1.29 is 44.7 Å². The maximum Gasteiger partial charge on any atom is 0.271 e. The van der Waals surface area contributed by atoms with Crippen LogP contribution < -0.4 is 10.6 Å². The molecule has 0 bridgehead atoms. The Morgan fingerprint density at radius 1 is 1.09 bits per heavy atom. The van der Waals surface area contributed by atoms with E-state index >= 15 is 0 Å². The van der Waals surface area contributed by atoms with Crippen LogP contribution in [0.15, 0.2) is 30.6 Å². The predicted octanol–water partition coefficient (Wildman–Crippen LogP) is 5.48. The molecule has 43 heavy (non-hydrogen) atoms. The van der Waals surface area contributed by atoms with Crippen LogP contribution in [0.2, 0.25) is 0 Å². The molecular formula is C27H30F8N6O2. The number of amides is 2. The number of hydrogen-bond donors (Lipinski definition) is 3. The Morgan fingerprint density at radius 2 is 1.79 bits per heavy atom. The lowest BCUT2D eigenvalue weighted by Gasteiger charge is -2.33. The first-order chi connectivity index (χ1) is 20.3. The minimum Gasteiger partial charge on any atom is -0.347 e. The van der Waals surface area contributed by atoms with E-state index < -0.39 is 86.7 Å². The average molecular weight is 623 g/mol. The fourth-order valence-electron chi connectivity index (χ4n) is 4.95. The van der Waals surface area contributed by atoms with Crippen LogP contribution in [0, 0.1) is 5.92 Å². The largest absolute Gasteiger partial charge is 0.347 e. The van der Waals surface area contributed by atoms with Crippen molar-refractivity contribution in [2.24, 2.45) is 5.92 Å². The van der Waals surface area contributed by atoms with Crippen molar-refractivity contribution in [3.05, 3.63) is 47.5 Å². The highest BCUT2D eigenvalue weighted by molar-refractivity contribution is 5.94. The van der Waals surface area contributed by atoms with Crippen LogP contribution in [0.3, 0.4) is 0 Å². The molecule has 1 fully saturated rings. The second-order valence-electron chi connectivity index (χ2n) is 10.6. The van der Waals surface area contributed by atoms with E-state index in [1.807, 2.05) is 0 Å². The van der Waals surface area contributed by atoms with Crippen LogP contribution in [0.4, 0.5) is 35.1 Å². The summed E-state index contributed by atoms with van der Waals surface area (Å²) in [5, 5.41) is 8.77. The first-order valence-electron chi connectivity index (χ1n) is 13.6. The highest BCUT2D eigenvalue weighted by Crippen LogP contribution is 2.41. The van der Waals surface area contributed by atoms with Crippen molar-refractivity contribution in [1.29, 1.82) is 0 Å². The van der Waals surface area contributed by atoms with Gasteiger partial charge in [0.15, 0.2) is 12.3 Å². The molecule has 1 aliphatic carbocycles. The molecule has 8 nitrogen and oxygen atoms in total. The molecule has 0 radical (unpaired) electrons.